The molecule has 0 bridgehead atoms. The first-order chi connectivity index (χ1) is 16.8. The average molecular weight is 555 g/mol. The minimum atomic E-state index is -0.497. The Balaban J connectivity index is 1.59. The summed E-state index contributed by atoms with van der Waals surface area (Å²) in [6.45, 7) is 6.94. The zero-order valence-corrected chi connectivity index (χ0v) is 22.0. The van der Waals surface area contributed by atoms with Gasteiger partial charge in [0, 0.05) is 10.6 Å². The third-order valence-electron chi connectivity index (χ3n) is 5.35. The minimum absolute atomic E-state index is 0.217. The van der Waals surface area contributed by atoms with Crippen LogP contribution in [0.3, 0.4) is 0 Å². The molecule has 0 aliphatic carbocycles. The van der Waals surface area contributed by atoms with Gasteiger partial charge in [-0.1, -0.05) is 49.7 Å². The number of aliphatic imine (C=N–C) groups is 1. The number of esters is 1. The van der Waals surface area contributed by atoms with E-state index in [9.17, 15) is 4.79 Å². The minimum Gasteiger partial charge on any atom is -0.490 e. The van der Waals surface area contributed by atoms with E-state index < -0.39 is 5.97 Å². The number of benzene rings is 3. The van der Waals surface area contributed by atoms with Crippen molar-refractivity contribution in [3.05, 3.63) is 98.1 Å². The summed E-state index contributed by atoms with van der Waals surface area (Å²) in [6, 6.07) is 19.0. The lowest BCUT2D eigenvalue weighted by Gasteiger charge is -2.15. The zero-order chi connectivity index (χ0) is 24.9. The van der Waals surface area contributed by atoms with Crippen molar-refractivity contribution in [2.45, 2.75) is 33.3 Å². The highest BCUT2D eigenvalue weighted by atomic mass is 79.9. The summed E-state index contributed by atoms with van der Waals surface area (Å²) in [7, 11) is 0. The SMILES string of the molecule is CCOc1cc(/C=C2/N=C(c3ccc(C(C)C)cc3)OC2=O)cc(Br)c1OCc1cccc(Cl)c1. The van der Waals surface area contributed by atoms with Crippen molar-refractivity contribution < 1.29 is 19.0 Å². The van der Waals surface area contributed by atoms with E-state index in [-0.39, 0.29) is 5.70 Å². The Kier molecular flexibility index (Phi) is 7.93. The fraction of sp³-hybridized carbons (Fsp3) is 0.214. The number of halogens is 2. The van der Waals surface area contributed by atoms with E-state index in [1.165, 1.54) is 5.56 Å². The molecule has 0 fully saturated rings. The molecule has 0 radical (unpaired) electrons. The molecular formula is C28H25BrClNO4. The van der Waals surface area contributed by atoms with Crippen molar-refractivity contribution in [1.82, 2.24) is 0 Å². The maximum absolute atomic E-state index is 12.5. The third kappa shape index (κ3) is 6.13. The van der Waals surface area contributed by atoms with Gasteiger partial charge in [0.05, 0.1) is 11.1 Å². The van der Waals surface area contributed by atoms with E-state index >= 15 is 0 Å². The number of carbonyl (C=O) groups excluding carboxylic acids is 1. The first-order valence-corrected chi connectivity index (χ1v) is 12.5. The van der Waals surface area contributed by atoms with Crippen LogP contribution in [0, 0.1) is 0 Å². The van der Waals surface area contributed by atoms with Crippen molar-refractivity contribution in [3.8, 4) is 11.5 Å². The molecule has 3 aromatic carbocycles. The Bertz CT molecular complexity index is 1300. The third-order valence-corrected chi connectivity index (χ3v) is 6.18. The Morgan fingerprint density at radius 3 is 2.54 bits per heavy atom. The highest BCUT2D eigenvalue weighted by Crippen LogP contribution is 2.38. The van der Waals surface area contributed by atoms with Crippen LogP contribution in [0.1, 0.15) is 48.9 Å². The lowest BCUT2D eigenvalue weighted by Crippen LogP contribution is -2.05. The lowest BCUT2D eigenvalue weighted by atomic mass is 10.0. The molecule has 4 rings (SSSR count). The molecule has 5 nitrogen and oxygen atoms in total. The molecule has 0 unspecified atom stereocenters. The molecule has 180 valence electrons. The zero-order valence-electron chi connectivity index (χ0n) is 19.7. The van der Waals surface area contributed by atoms with E-state index in [1.54, 1.807) is 6.08 Å². The molecule has 0 aromatic heterocycles. The van der Waals surface area contributed by atoms with Crippen LogP contribution in [0.5, 0.6) is 11.5 Å². The number of ether oxygens (including phenoxy) is 3. The summed E-state index contributed by atoms with van der Waals surface area (Å²) in [6.07, 6.45) is 1.67. The van der Waals surface area contributed by atoms with Crippen LogP contribution in [0.2, 0.25) is 5.02 Å². The molecule has 0 spiro atoms. The van der Waals surface area contributed by atoms with E-state index in [1.807, 2.05) is 67.6 Å². The van der Waals surface area contributed by atoms with Gasteiger partial charge in [0.15, 0.2) is 17.2 Å². The molecule has 0 amide bonds. The first kappa shape index (κ1) is 25.0. The Morgan fingerprint density at radius 1 is 1.09 bits per heavy atom. The van der Waals surface area contributed by atoms with Gasteiger partial charge in [-0.3, -0.25) is 0 Å². The van der Waals surface area contributed by atoms with E-state index in [2.05, 4.69) is 34.8 Å². The van der Waals surface area contributed by atoms with Crippen LogP contribution in [-0.4, -0.2) is 18.5 Å². The second kappa shape index (κ2) is 11.1. The van der Waals surface area contributed by atoms with Crippen LogP contribution in [0.15, 0.2) is 75.8 Å². The van der Waals surface area contributed by atoms with Crippen LogP contribution < -0.4 is 9.47 Å². The second-order valence-electron chi connectivity index (χ2n) is 8.29. The molecule has 0 N–H and O–H groups in total. The summed E-state index contributed by atoms with van der Waals surface area (Å²) in [4.78, 5) is 16.9. The quantitative estimate of drug-likeness (QED) is 0.213. The topological polar surface area (TPSA) is 57.1 Å². The van der Waals surface area contributed by atoms with Gasteiger partial charge in [-0.2, -0.15) is 0 Å². The Hall–Kier alpha value is -3.09. The fourth-order valence-corrected chi connectivity index (χ4v) is 4.34. The molecule has 0 saturated heterocycles. The van der Waals surface area contributed by atoms with E-state index in [0.717, 1.165) is 16.7 Å². The van der Waals surface area contributed by atoms with Crippen molar-refractivity contribution in [1.29, 1.82) is 0 Å². The highest BCUT2D eigenvalue weighted by Gasteiger charge is 2.24. The van der Waals surface area contributed by atoms with Gasteiger partial charge in [-0.05, 0) is 87.9 Å². The number of cyclic esters (lactones) is 1. The highest BCUT2D eigenvalue weighted by molar-refractivity contribution is 9.10. The van der Waals surface area contributed by atoms with Gasteiger partial charge in [-0.15, -0.1) is 0 Å². The average Bonchev–Trinajstić information content (AvgIpc) is 3.19. The summed E-state index contributed by atoms with van der Waals surface area (Å²) < 4.78 is 18.0. The lowest BCUT2D eigenvalue weighted by molar-refractivity contribution is -0.129. The summed E-state index contributed by atoms with van der Waals surface area (Å²) >= 11 is 9.65. The molecule has 35 heavy (non-hydrogen) atoms. The van der Waals surface area contributed by atoms with Gasteiger partial charge in [0.25, 0.3) is 0 Å². The van der Waals surface area contributed by atoms with Crippen molar-refractivity contribution >= 4 is 45.5 Å². The van der Waals surface area contributed by atoms with Crippen molar-refractivity contribution in [2.24, 2.45) is 4.99 Å². The maximum Gasteiger partial charge on any atom is 0.363 e. The van der Waals surface area contributed by atoms with Crippen LogP contribution in [0.4, 0.5) is 0 Å². The largest absolute Gasteiger partial charge is 0.490 e. The molecule has 0 atom stereocenters. The second-order valence-corrected chi connectivity index (χ2v) is 9.59. The standard InChI is InChI=1S/C28H25BrClNO4/c1-4-33-25-15-19(13-23(29)26(25)34-16-18-6-5-7-22(30)12-18)14-24-28(32)35-27(31-24)21-10-8-20(9-11-21)17(2)3/h5-15,17H,4,16H2,1-3H3/b24-14+. The molecule has 1 aliphatic heterocycles. The Labute approximate surface area is 218 Å². The van der Waals surface area contributed by atoms with Crippen LogP contribution in [-0.2, 0) is 16.1 Å². The molecule has 1 aliphatic rings. The number of rotatable bonds is 8. The first-order valence-electron chi connectivity index (χ1n) is 11.3. The summed E-state index contributed by atoms with van der Waals surface area (Å²) in [5, 5.41) is 0.649. The van der Waals surface area contributed by atoms with Gasteiger partial charge >= 0.3 is 5.97 Å². The number of nitrogens with zero attached hydrogens (tertiary/aromatic N) is 1. The van der Waals surface area contributed by atoms with Crippen LogP contribution >= 0.6 is 27.5 Å². The van der Waals surface area contributed by atoms with Gasteiger partial charge in [-0.25, -0.2) is 9.79 Å². The van der Waals surface area contributed by atoms with E-state index in [0.29, 0.717) is 46.0 Å². The fourth-order valence-electron chi connectivity index (χ4n) is 3.56. The monoisotopic (exact) mass is 553 g/mol. The Morgan fingerprint density at radius 2 is 1.86 bits per heavy atom. The molecule has 0 saturated carbocycles. The normalized spacial score (nSPS) is 14.3. The van der Waals surface area contributed by atoms with Gasteiger partial charge in [0.2, 0.25) is 5.90 Å². The predicted octanol–water partition coefficient (Wildman–Crippen LogP) is 7.55. The summed E-state index contributed by atoms with van der Waals surface area (Å²) in [5.41, 5.74) is 3.85. The van der Waals surface area contributed by atoms with E-state index in [4.69, 9.17) is 25.8 Å². The van der Waals surface area contributed by atoms with Gasteiger partial charge < -0.3 is 14.2 Å². The number of hydrogen-bond acceptors (Lipinski definition) is 5. The molecule has 7 heteroatoms. The van der Waals surface area contributed by atoms with Gasteiger partial charge in [0.1, 0.15) is 6.61 Å². The number of carbonyl (C=O) groups is 1. The van der Waals surface area contributed by atoms with Crippen molar-refractivity contribution in [2.75, 3.05) is 6.61 Å². The van der Waals surface area contributed by atoms with Crippen molar-refractivity contribution in [3.63, 3.8) is 0 Å². The smallest absolute Gasteiger partial charge is 0.363 e. The summed E-state index contributed by atoms with van der Waals surface area (Å²) in [5.74, 6) is 1.33. The molecule has 1 heterocycles. The number of hydrogen-bond donors (Lipinski definition) is 0. The van der Waals surface area contributed by atoms with Crippen LogP contribution in [0.25, 0.3) is 6.08 Å². The molecular weight excluding hydrogens is 530 g/mol. The predicted molar refractivity (Wildman–Crippen MR) is 142 cm³/mol. The molecule has 3 aromatic rings. The maximum atomic E-state index is 12.5.